The van der Waals surface area contributed by atoms with Crippen LogP contribution < -0.4 is 11.1 Å². The third-order valence-electron chi connectivity index (χ3n) is 3.31. The number of primary amides is 1. The molecule has 1 aliphatic heterocycles. The van der Waals surface area contributed by atoms with E-state index in [9.17, 15) is 14.9 Å². The molecule has 1 unspecified atom stereocenters. The van der Waals surface area contributed by atoms with E-state index in [2.05, 4.69) is 5.32 Å². The summed E-state index contributed by atoms with van der Waals surface area (Å²) < 4.78 is 5.36. The highest BCUT2D eigenvalue weighted by atomic mass is 16.6. The van der Waals surface area contributed by atoms with Crippen LogP contribution in [0.15, 0.2) is 18.2 Å². The summed E-state index contributed by atoms with van der Waals surface area (Å²) in [6.07, 6.45) is 2.02. The summed E-state index contributed by atoms with van der Waals surface area (Å²) in [5.41, 5.74) is 5.69. The van der Waals surface area contributed by atoms with Crippen molar-refractivity contribution in [3.63, 3.8) is 0 Å². The Labute approximate surface area is 116 Å². The number of nitro benzene ring substituents is 1. The average molecular weight is 279 g/mol. The SMILES string of the molecule is NC(=O)c1ccc([N+](=O)[O-])c(NCC2CCCOC2)c1. The van der Waals surface area contributed by atoms with Crippen LogP contribution in [-0.4, -0.2) is 30.6 Å². The molecule has 0 radical (unpaired) electrons. The molecule has 1 amide bonds. The number of carbonyl (C=O) groups is 1. The van der Waals surface area contributed by atoms with Crippen molar-refractivity contribution < 1.29 is 14.5 Å². The van der Waals surface area contributed by atoms with E-state index in [1.807, 2.05) is 0 Å². The number of amides is 1. The number of nitrogens with zero attached hydrogens (tertiary/aromatic N) is 1. The van der Waals surface area contributed by atoms with Crippen LogP contribution in [0.3, 0.4) is 0 Å². The Bertz CT molecular complexity index is 512. The molecule has 20 heavy (non-hydrogen) atoms. The van der Waals surface area contributed by atoms with Crippen LogP contribution in [-0.2, 0) is 4.74 Å². The highest BCUT2D eigenvalue weighted by molar-refractivity contribution is 5.94. The number of nitro groups is 1. The first-order chi connectivity index (χ1) is 9.58. The zero-order valence-electron chi connectivity index (χ0n) is 11.0. The van der Waals surface area contributed by atoms with Gasteiger partial charge in [0.2, 0.25) is 5.91 Å². The molecule has 0 saturated carbocycles. The molecule has 1 atom stereocenters. The second kappa shape index (κ2) is 6.33. The van der Waals surface area contributed by atoms with E-state index in [1.54, 1.807) is 0 Å². The number of benzene rings is 1. The van der Waals surface area contributed by atoms with Crippen LogP contribution in [0, 0.1) is 16.0 Å². The maximum absolute atomic E-state index is 11.1. The van der Waals surface area contributed by atoms with Crippen LogP contribution in [0.25, 0.3) is 0 Å². The standard InChI is InChI=1S/C13H17N3O4/c14-13(17)10-3-4-12(16(18)19)11(6-10)15-7-9-2-1-5-20-8-9/h3-4,6,9,15H,1-2,5,7-8H2,(H2,14,17). The fraction of sp³-hybridized carbons (Fsp3) is 0.462. The lowest BCUT2D eigenvalue weighted by atomic mass is 10.0. The van der Waals surface area contributed by atoms with Gasteiger partial charge in [-0.05, 0) is 30.9 Å². The number of carbonyl (C=O) groups excluding carboxylic acids is 1. The van der Waals surface area contributed by atoms with Crippen molar-refractivity contribution in [3.05, 3.63) is 33.9 Å². The molecular weight excluding hydrogens is 262 g/mol. The summed E-state index contributed by atoms with van der Waals surface area (Å²) >= 11 is 0. The van der Waals surface area contributed by atoms with E-state index >= 15 is 0 Å². The van der Waals surface area contributed by atoms with Gasteiger partial charge in [-0.1, -0.05) is 0 Å². The highest BCUT2D eigenvalue weighted by Gasteiger charge is 2.18. The van der Waals surface area contributed by atoms with E-state index in [1.165, 1.54) is 18.2 Å². The summed E-state index contributed by atoms with van der Waals surface area (Å²) in [7, 11) is 0. The fourth-order valence-corrected chi connectivity index (χ4v) is 2.21. The van der Waals surface area contributed by atoms with Crippen LogP contribution in [0.4, 0.5) is 11.4 Å². The number of rotatable bonds is 5. The van der Waals surface area contributed by atoms with Crippen molar-refractivity contribution >= 4 is 17.3 Å². The van der Waals surface area contributed by atoms with Gasteiger partial charge in [0.15, 0.2) is 0 Å². The largest absolute Gasteiger partial charge is 0.381 e. The molecule has 1 fully saturated rings. The average Bonchev–Trinajstić information content (AvgIpc) is 2.45. The topological polar surface area (TPSA) is 107 Å². The molecule has 108 valence electrons. The number of anilines is 1. The molecule has 2 rings (SSSR count). The van der Waals surface area contributed by atoms with E-state index in [-0.39, 0.29) is 11.3 Å². The molecule has 0 spiro atoms. The number of nitrogens with one attached hydrogen (secondary N) is 1. The molecule has 0 bridgehead atoms. The minimum absolute atomic E-state index is 0.0632. The van der Waals surface area contributed by atoms with Gasteiger partial charge in [-0.2, -0.15) is 0 Å². The zero-order chi connectivity index (χ0) is 14.5. The first-order valence-electron chi connectivity index (χ1n) is 6.48. The van der Waals surface area contributed by atoms with Crippen molar-refractivity contribution in [1.82, 2.24) is 0 Å². The predicted octanol–water partition coefficient (Wildman–Crippen LogP) is 1.53. The summed E-state index contributed by atoms with van der Waals surface area (Å²) in [6.45, 7) is 1.99. The Balaban J connectivity index is 2.12. The molecular formula is C13H17N3O4. The van der Waals surface area contributed by atoms with Gasteiger partial charge in [0.05, 0.1) is 11.5 Å². The van der Waals surface area contributed by atoms with Crippen LogP contribution >= 0.6 is 0 Å². The highest BCUT2D eigenvalue weighted by Crippen LogP contribution is 2.26. The monoisotopic (exact) mass is 279 g/mol. The van der Waals surface area contributed by atoms with Crippen molar-refractivity contribution in [2.75, 3.05) is 25.1 Å². The summed E-state index contributed by atoms with van der Waals surface area (Å²) in [5, 5.41) is 14.0. The van der Waals surface area contributed by atoms with E-state index < -0.39 is 10.8 Å². The maximum atomic E-state index is 11.1. The Morgan fingerprint density at radius 3 is 2.95 bits per heavy atom. The van der Waals surface area contributed by atoms with E-state index in [4.69, 9.17) is 10.5 Å². The summed E-state index contributed by atoms with van der Waals surface area (Å²) in [5.74, 6) is -0.287. The third kappa shape index (κ3) is 3.45. The first kappa shape index (κ1) is 14.3. The smallest absolute Gasteiger partial charge is 0.292 e. The van der Waals surface area contributed by atoms with Gasteiger partial charge in [0.1, 0.15) is 5.69 Å². The van der Waals surface area contributed by atoms with Gasteiger partial charge < -0.3 is 15.8 Å². The van der Waals surface area contributed by atoms with Crippen LogP contribution in [0.2, 0.25) is 0 Å². The van der Waals surface area contributed by atoms with Gasteiger partial charge in [-0.25, -0.2) is 0 Å². The molecule has 1 aromatic rings. The van der Waals surface area contributed by atoms with Crippen molar-refractivity contribution in [2.45, 2.75) is 12.8 Å². The van der Waals surface area contributed by atoms with Gasteiger partial charge in [-0.3, -0.25) is 14.9 Å². The minimum atomic E-state index is -0.607. The van der Waals surface area contributed by atoms with Crippen molar-refractivity contribution in [3.8, 4) is 0 Å². The van der Waals surface area contributed by atoms with E-state index in [0.29, 0.717) is 24.8 Å². The first-order valence-corrected chi connectivity index (χ1v) is 6.48. The Morgan fingerprint density at radius 1 is 1.55 bits per heavy atom. The number of ether oxygens (including phenoxy) is 1. The van der Waals surface area contributed by atoms with Crippen molar-refractivity contribution in [2.24, 2.45) is 11.7 Å². The molecule has 1 saturated heterocycles. The Morgan fingerprint density at radius 2 is 2.35 bits per heavy atom. The third-order valence-corrected chi connectivity index (χ3v) is 3.31. The normalized spacial score (nSPS) is 18.5. The van der Waals surface area contributed by atoms with Crippen LogP contribution in [0.5, 0.6) is 0 Å². The number of hydrogen-bond donors (Lipinski definition) is 2. The van der Waals surface area contributed by atoms with Gasteiger partial charge >= 0.3 is 0 Å². The molecule has 3 N–H and O–H groups in total. The number of nitrogens with two attached hydrogens (primary N) is 1. The Kier molecular flexibility index (Phi) is 4.52. The van der Waals surface area contributed by atoms with Crippen LogP contribution in [0.1, 0.15) is 23.2 Å². The minimum Gasteiger partial charge on any atom is -0.381 e. The lowest BCUT2D eigenvalue weighted by Gasteiger charge is -2.22. The Hall–Kier alpha value is -2.15. The van der Waals surface area contributed by atoms with E-state index in [0.717, 1.165) is 19.4 Å². The van der Waals surface area contributed by atoms with Crippen molar-refractivity contribution in [1.29, 1.82) is 0 Å². The second-order valence-electron chi connectivity index (χ2n) is 4.82. The number of hydrogen-bond acceptors (Lipinski definition) is 5. The molecule has 1 aliphatic rings. The van der Waals surface area contributed by atoms with Gasteiger partial charge in [-0.15, -0.1) is 0 Å². The lowest BCUT2D eigenvalue weighted by Crippen LogP contribution is -2.24. The van der Waals surface area contributed by atoms with Gasteiger partial charge in [0.25, 0.3) is 5.69 Å². The molecule has 7 nitrogen and oxygen atoms in total. The molecule has 7 heteroatoms. The molecule has 1 aromatic carbocycles. The second-order valence-corrected chi connectivity index (χ2v) is 4.82. The summed E-state index contributed by atoms with van der Waals surface area (Å²) in [6, 6.07) is 4.07. The van der Waals surface area contributed by atoms with Gasteiger partial charge in [0, 0.05) is 24.8 Å². The molecule has 1 heterocycles. The zero-order valence-corrected chi connectivity index (χ0v) is 11.0. The maximum Gasteiger partial charge on any atom is 0.292 e. The quantitative estimate of drug-likeness (QED) is 0.627. The molecule has 0 aromatic heterocycles. The predicted molar refractivity (Wildman–Crippen MR) is 73.6 cm³/mol. The lowest BCUT2D eigenvalue weighted by molar-refractivity contribution is -0.384. The fourth-order valence-electron chi connectivity index (χ4n) is 2.21. The summed E-state index contributed by atoms with van der Waals surface area (Å²) in [4.78, 5) is 21.6. The molecule has 0 aliphatic carbocycles.